The van der Waals surface area contributed by atoms with Gasteiger partial charge in [-0.2, -0.15) is 0 Å². The van der Waals surface area contributed by atoms with Crippen molar-refractivity contribution in [3.8, 4) is 0 Å². The summed E-state index contributed by atoms with van der Waals surface area (Å²) in [5, 5.41) is 2.77. The summed E-state index contributed by atoms with van der Waals surface area (Å²) >= 11 is 0. The van der Waals surface area contributed by atoms with Gasteiger partial charge in [-0.05, 0) is 11.1 Å². The van der Waals surface area contributed by atoms with Gasteiger partial charge in [0.2, 0.25) is 0 Å². The smallest absolute Gasteiger partial charge is 0.259 e. The highest BCUT2D eigenvalue weighted by atomic mass is 16.5. The summed E-state index contributed by atoms with van der Waals surface area (Å²) in [5.41, 5.74) is 1.08. The third-order valence-electron chi connectivity index (χ3n) is 3.45. The minimum Gasteiger partial charge on any atom is -0.340 e. The molecule has 1 saturated heterocycles. The van der Waals surface area contributed by atoms with E-state index in [2.05, 4.69) is 5.32 Å². The van der Waals surface area contributed by atoms with Gasteiger partial charge in [0.1, 0.15) is 6.73 Å². The molecule has 1 unspecified atom stereocenters. The molecule has 0 aromatic heterocycles. The lowest BCUT2D eigenvalue weighted by Gasteiger charge is -2.25. The van der Waals surface area contributed by atoms with Crippen molar-refractivity contribution < 1.29 is 9.53 Å². The zero-order chi connectivity index (χ0) is 13.1. The predicted molar refractivity (Wildman–Crippen MR) is 72.4 cm³/mol. The average Bonchev–Trinajstić information content (AvgIpc) is 2.83. The van der Waals surface area contributed by atoms with Crippen LogP contribution in [0, 0.1) is 0 Å². The van der Waals surface area contributed by atoms with Gasteiger partial charge in [0.05, 0.1) is 0 Å². The van der Waals surface area contributed by atoms with Gasteiger partial charge >= 0.3 is 0 Å². The Morgan fingerprint density at radius 2 is 1.63 bits per heavy atom. The Balaban J connectivity index is 2.01. The Bertz CT molecular complexity index is 568. The van der Waals surface area contributed by atoms with Crippen LogP contribution in [0.5, 0.6) is 0 Å². The van der Waals surface area contributed by atoms with Crippen LogP contribution in [0.25, 0.3) is 0 Å². The lowest BCUT2D eigenvalue weighted by atomic mass is 9.86. The number of benzene rings is 2. The summed E-state index contributed by atoms with van der Waals surface area (Å²) in [7, 11) is 0. The molecule has 96 valence electrons. The molecule has 1 aliphatic heterocycles. The van der Waals surface area contributed by atoms with E-state index >= 15 is 0 Å². The zero-order valence-electron chi connectivity index (χ0n) is 10.5. The first kappa shape index (κ1) is 11.9. The van der Waals surface area contributed by atoms with Crippen LogP contribution in [0.4, 0.5) is 0 Å². The van der Waals surface area contributed by atoms with Gasteiger partial charge in [0.25, 0.3) is 5.91 Å². The van der Waals surface area contributed by atoms with Crippen molar-refractivity contribution in [1.29, 1.82) is 0 Å². The molecule has 1 heterocycles. The third-order valence-corrected chi connectivity index (χ3v) is 3.45. The lowest BCUT2D eigenvalue weighted by Crippen LogP contribution is -2.38. The fraction of sp³-hybridized carbons (Fsp3) is 0.188. The second-order valence-electron chi connectivity index (χ2n) is 4.65. The molecule has 3 rings (SSSR count). The number of hydrogen-bond acceptors (Lipinski definition) is 2. The maximum absolute atomic E-state index is 12.3. The van der Waals surface area contributed by atoms with Crippen molar-refractivity contribution in [3.63, 3.8) is 0 Å². The molecule has 1 amide bonds. The highest BCUT2D eigenvalue weighted by molar-refractivity contribution is 5.88. The van der Waals surface area contributed by atoms with E-state index in [4.69, 9.17) is 4.74 Å². The van der Waals surface area contributed by atoms with Crippen molar-refractivity contribution in [1.82, 2.24) is 5.32 Å². The molecule has 1 N–H and O–H groups in total. The van der Waals surface area contributed by atoms with E-state index in [1.807, 2.05) is 60.7 Å². The minimum atomic E-state index is -0.900. The highest BCUT2D eigenvalue weighted by Gasteiger charge is 2.45. The largest absolute Gasteiger partial charge is 0.340 e. The minimum absolute atomic E-state index is 0.0671. The van der Waals surface area contributed by atoms with Gasteiger partial charge in [-0.15, -0.1) is 0 Å². The zero-order valence-corrected chi connectivity index (χ0v) is 10.5. The second-order valence-corrected chi connectivity index (χ2v) is 4.65. The van der Waals surface area contributed by atoms with Gasteiger partial charge in [0.15, 0.2) is 5.60 Å². The molecule has 0 radical (unpaired) electrons. The first-order valence-corrected chi connectivity index (χ1v) is 6.33. The number of amides is 1. The Hall–Kier alpha value is -2.13. The van der Waals surface area contributed by atoms with Crippen LogP contribution in [0.1, 0.15) is 11.1 Å². The molecular weight excluding hydrogens is 238 g/mol. The van der Waals surface area contributed by atoms with Crippen LogP contribution in [0.15, 0.2) is 60.7 Å². The molecule has 0 saturated carbocycles. The molecule has 3 heteroatoms. The fourth-order valence-corrected chi connectivity index (χ4v) is 2.47. The van der Waals surface area contributed by atoms with Crippen LogP contribution in [-0.4, -0.2) is 12.6 Å². The third kappa shape index (κ3) is 2.13. The Morgan fingerprint density at radius 3 is 2.21 bits per heavy atom. The first-order valence-electron chi connectivity index (χ1n) is 6.33. The highest BCUT2D eigenvalue weighted by Crippen LogP contribution is 2.33. The van der Waals surface area contributed by atoms with E-state index in [-0.39, 0.29) is 12.6 Å². The number of carbonyl (C=O) groups excluding carboxylic acids is 1. The van der Waals surface area contributed by atoms with E-state index in [9.17, 15) is 4.79 Å². The summed E-state index contributed by atoms with van der Waals surface area (Å²) in [5.74, 6) is -0.0671. The van der Waals surface area contributed by atoms with E-state index in [0.717, 1.165) is 11.1 Å². The molecule has 3 nitrogen and oxygen atoms in total. The normalized spacial score (nSPS) is 22.2. The number of carbonyl (C=O) groups is 1. The number of hydrogen-bond donors (Lipinski definition) is 1. The Morgan fingerprint density at radius 1 is 1.00 bits per heavy atom. The molecule has 0 spiro atoms. The molecule has 2 aromatic carbocycles. The van der Waals surface area contributed by atoms with E-state index in [1.54, 1.807) is 0 Å². The Labute approximate surface area is 112 Å². The monoisotopic (exact) mass is 253 g/mol. The predicted octanol–water partition coefficient (Wildman–Crippen LogP) is 2.23. The van der Waals surface area contributed by atoms with Crippen molar-refractivity contribution in [2.24, 2.45) is 0 Å². The van der Waals surface area contributed by atoms with Crippen molar-refractivity contribution >= 4 is 5.91 Å². The van der Waals surface area contributed by atoms with Crippen LogP contribution in [0.3, 0.4) is 0 Å². The standard InChI is InChI=1S/C16H15NO2/c18-15-16(19-12-17-15,14-9-5-2-6-10-14)11-13-7-3-1-4-8-13/h1-10H,11-12H2,(H,17,18). The lowest BCUT2D eigenvalue weighted by molar-refractivity contribution is -0.133. The van der Waals surface area contributed by atoms with Crippen molar-refractivity contribution in [2.75, 3.05) is 6.73 Å². The molecule has 0 aliphatic carbocycles. The molecular formula is C16H15NO2. The van der Waals surface area contributed by atoms with Gasteiger partial charge in [-0.25, -0.2) is 0 Å². The summed E-state index contributed by atoms with van der Waals surface area (Å²) in [6.45, 7) is 0.264. The van der Waals surface area contributed by atoms with Crippen molar-refractivity contribution in [3.05, 3.63) is 71.8 Å². The maximum Gasteiger partial charge on any atom is 0.259 e. The van der Waals surface area contributed by atoms with E-state index < -0.39 is 5.60 Å². The van der Waals surface area contributed by atoms with Crippen molar-refractivity contribution in [2.45, 2.75) is 12.0 Å². The number of rotatable bonds is 3. The second kappa shape index (κ2) is 4.86. The molecule has 19 heavy (non-hydrogen) atoms. The topological polar surface area (TPSA) is 38.3 Å². The summed E-state index contributed by atoms with van der Waals surface area (Å²) < 4.78 is 5.78. The molecule has 1 aliphatic rings. The van der Waals surface area contributed by atoms with Crippen LogP contribution in [0.2, 0.25) is 0 Å². The molecule has 1 fully saturated rings. The summed E-state index contributed by atoms with van der Waals surface area (Å²) in [4.78, 5) is 12.3. The summed E-state index contributed by atoms with van der Waals surface area (Å²) in [6, 6.07) is 19.6. The number of nitrogens with one attached hydrogen (secondary N) is 1. The first-order chi connectivity index (χ1) is 9.31. The van der Waals surface area contributed by atoms with Crippen LogP contribution < -0.4 is 5.32 Å². The van der Waals surface area contributed by atoms with Crippen LogP contribution >= 0.6 is 0 Å². The van der Waals surface area contributed by atoms with Gasteiger partial charge in [-0.1, -0.05) is 60.7 Å². The molecule has 0 bridgehead atoms. The average molecular weight is 253 g/mol. The van der Waals surface area contributed by atoms with E-state index in [0.29, 0.717) is 6.42 Å². The fourth-order valence-electron chi connectivity index (χ4n) is 2.47. The summed E-state index contributed by atoms with van der Waals surface area (Å²) in [6.07, 6.45) is 0.545. The van der Waals surface area contributed by atoms with Crippen LogP contribution in [-0.2, 0) is 21.6 Å². The van der Waals surface area contributed by atoms with Gasteiger partial charge in [0, 0.05) is 6.42 Å². The van der Waals surface area contributed by atoms with E-state index in [1.165, 1.54) is 0 Å². The van der Waals surface area contributed by atoms with Gasteiger partial charge < -0.3 is 10.1 Å². The van der Waals surface area contributed by atoms with Gasteiger partial charge in [-0.3, -0.25) is 4.79 Å². The molecule has 1 atom stereocenters. The SMILES string of the molecule is O=C1NCOC1(Cc1ccccc1)c1ccccc1. The number of ether oxygens (including phenoxy) is 1. The molecule has 2 aromatic rings. The quantitative estimate of drug-likeness (QED) is 0.911. The Kier molecular flexibility index (Phi) is 3.05. The maximum atomic E-state index is 12.3.